The lowest BCUT2D eigenvalue weighted by Crippen LogP contribution is -2.39. The molecule has 92 valence electrons. The lowest BCUT2D eigenvalue weighted by atomic mass is 9.99. The number of amides is 1. The Balaban J connectivity index is 2.22. The van der Waals surface area contributed by atoms with Gasteiger partial charge in [0.25, 0.3) is 5.91 Å². The second-order valence-corrected chi connectivity index (χ2v) is 5.39. The predicted molar refractivity (Wildman–Crippen MR) is 70.8 cm³/mol. The molecule has 1 heterocycles. The first-order valence-corrected chi connectivity index (χ1v) is 6.58. The smallest absolute Gasteiger partial charge is 0.255 e. The summed E-state index contributed by atoms with van der Waals surface area (Å²) in [5, 5.41) is 0.792. The van der Waals surface area contributed by atoms with Crippen molar-refractivity contribution in [2.75, 3.05) is 13.1 Å². The van der Waals surface area contributed by atoms with Gasteiger partial charge in [0.1, 0.15) is 0 Å². The highest BCUT2D eigenvalue weighted by Gasteiger charge is 2.23. The van der Waals surface area contributed by atoms with Crippen LogP contribution in [-0.4, -0.2) is 23.9 Å². The summed E-state index contributed by atoms with van der Waals surface area (Å²) < 4.78 is 0. The molecule has 0 aliphatic carbocycles. The van der Waals surface area contributed by atoms with Crippen molar-refractivity contribution in [1.82, 2.24) is 4.90 Å². The van der Waals surface area contributed by atoms with Gasteiger partial charge in [-0.1, -0.05) is 36.2 Å². The molecular formula is C13H15Cl2NO. The number of carbonyl (C=O) groups is 1. The van der Waals surface area contributed by atoms with Crippen LogP contribution >= 0.6 is 23.2 Å². The average Bonchev–Trinajstić information content (AvgIpc) is 2.32. The molecule has 2 rings (SSSR count). The van der Waals surface area contributed by atoms with Gasteiger partial charge in [-0.05, 0) is 30.9 Å². The van der Waals surface area contributed by atoms with Crippen molar-refractivity contribution in [3.8, 4) is 0 Å². The number of likely N-dealkylation sites (tertiary alicyclic amines) is 1. The van der Waals surface area contributed by atoms with Gasteiger partial charge in [-0.2, -0.15) is 0 Å². The standard InChI is InChI=1S/C13H15Cl2NO/c1-9-4-3-7-16(8-9)13(17)10-5-2-6-11(14)12(10)15/h2,5-6,9H,3-4,7-8H2,1H3/t9-/m1/s1. The van der Waals surface area contributed by atoms with Gasteiger partial charge >= 0.3 is 0 Å². The summed E-state index contributed by atoms with van der Waals surface area (Å²) >= 11 is 12.0. The third-order valence-electron chi connectivity index (χ3n) is 3.13. The van der Waals surface area contributed by atoms with Crippen LogP contribution in [0, 0.1) is 5.92 Å². The zero-order chi connectivity index (χ0) is 12.4. The third-order valence-corrected chi connectivity index (χ3v) is 3.95. The predicted octanol–water partition coefficient (Wildman–Crippen LogP) is 3.87. The fourth-order valence-electron chi connectivity index (χ4n) is 2.21. The molecule has 1 amide bonds. The molecule has 4 heteroatoms. The number of carbonyl (C=O) groups excluding carboxylic acids is 1. The third kappa shape index (κ3) is 2.75. The van der Waals surface area contributed by atoms with Crippen LogP contribution in [0.3, 0.4) is 0 Å². The molecule has 1 aliphatic rings. The molecule has 2 nitrogen and oxygen atoms in total. The van der Waals surface area contributed by atoms with Gasteiger partial charge in [0.2, 0.25) is 0 Å². The summed E-state index contributed by atoms with van der Waals surface area (Å²) in [5.74, 6) is 0.551. The van der Waals surface area contributed by atoms with E-state index in [1.54, 1.807) is 18.2 Å². The van der Waals surface area contributed by atoms with E-state index in [1.165, 1.54) is 6.42 Å². The van der Waals surface area contributed by atoms with Crippen molar-refractivity contribution < 1.29 is 4.79 Å². The molecule has 0 saturated carbocycles. The van der Waals surface area contributed by atoms with E-state index in [-0.39, 0.29) is 5.91 Å². The van der Waals surface area contributed by atoms with Crippen LogP contribution in [0.2, 0.25) is 10.0 Å². The Morgan fingerprint density at radius 3 is 2.88 bits per heavy atom. The minimum atomic E-state index is -0.0101. The SMILES string of the molecule is C[C@@H]1CCCN(C(=O)c2cccc(Cl)c2Cl)C1. The molecule has 1 aromatic rings. The number of rotatable bonds is 1. The molecule has 1 saturated heterocycles. The van der Waals surface area contributed by atoms with Gasteiger partial charge in [0, 0.05) is 13.1 Å². The summed E-state index contributed by atoms with van der Waals surface area (Å²) in [7, 11) is 0. The quantitative estimate of drug-likeness (QED) is 0.760. The lowest BCUT2D eigenvalue weighted by molar-refractivity contribution is 0.0683. The van der Waals surface area contributed by atoms with Crippen molar-refractivity contribution in [2.24, 2.45) is 5.92 Å². The number of halogens is 2. The second kappa shape index (κ2) is 5.28. The fraction of sp³-hybridized carbons (Fsp3) is 0.462. The number of nitrogens with zero attached hydrogens (tertiary/aromatic N) is 1. The molecule has 17 heavy (non-hydrogen) atoms. The number of piperidine rings is 1. The molecular weight excluding hydrogens is 257 g/mol. The minimum absolute atomic E-state index is 0.0101. The van der Waals surface area contributed by atoms with E-state index >= 15 is 0 Å². The summed E-state index contributed by atoms with van der Waals surface area (Å²) in [6.45, 7) is 3.78. The maximum absolute atomic E-state index is 12.3. The zero-order valence-electron chi connectivity index (χ0n) is 9.75. The molecule has 1 aliphatic heterocycles. The average molecular weight is 272 g/mol. The maximum Gasteiger partial charge on any atom is 0.255 e. The van der Waals surface area contributed by atoms with E-state index in [2.05, 4.69) is 6.92 Å². The van der Waals surface area contributed by atoms with E-state index < -0.39 is 0 Å². The van der Waals surface area contributed by atoms with Crippen LogP contribution in [0.1, 0.15) is 30.1 Å². The number of hydrogen-bond donors (Lipinski definition) is 0. The van der Waals surface area contributed by atoms with Gasteiger partial charge < -0.3 is 4.90 Å². The van der Waals surface area contributed by atoms with Gasteiger partial charge in [-0.3, -0.25) is 4.79 Å². The summed E-state index contributed by atoms with van der Waals surface area (Å²) in [5.41, 5.74) is 0.508. The Hall–Kier alpha value is -0.730. The van der Waals surface area contributed by atoms with Gasteiger partial charge in [0.15, 0.2) is 0 Å². The first-order valence-electron chi connectivity index (χ1n) is 5.83. The lowest BCUT2D eigenvalue weighted by Gasteiger charge is -2.31. The van der Waals surface area contributed by atoms with E-state index in [0.29, 0.717) is 21.5 Å². The molecule has 1 atom stereocenters. The van der Waals surface area contributed by atoms with E-state index in [0.717, 1.165) is 19.5 Å². The van der Waals surface area contributed by atoms with Crippen LogP contribution in [-0.2, 0) is 0 Å². The maximum atomic E-state index is 12.3. The zero-order valence-corrected chi connectivity index (χ0v) is 11.3. The fourth-order valence-corrected chi connectivity index (χ4v) is 2.59. The summed E-state index contributed by atoms with van der Waals surface area (Å²) in [6, 6.07) is 5.18. The normalized spacial score (nSPS) is 20.4. The van der Waals surface area contributed by atoms with Crippen molar-refractivity contribution in [3.63, 3.8) is 0 Å². The minimum Gasteiger partial charge on any atom is -0.338 e. The highest BCUT2D eigenvalue weighted by Crippen LogP contribution is 2.27. The van der Waals surface area contributed by atoms with Crippen molar-refractivity contribution >= 4 is 29.1 Å². The van der Waals surface area contributed by atoms with E-state index in [1.807, 2.05) is 4.90 Å². The molecule has 1 aromatic carbocycles. The van der Waals surface area contributed by atoms with Gasteiger partial charge in [0.05, 0.1) is 15.6 Å². The topological polar surface area (TPSA) is 20.3 Å². The Morgan fingerprint density at radius 1 is 1.41 bits per heavy atom. The highest BCUT2D eigenvalue weighted by atomic mass is 35.5. The molecule has 0 bridgehead atoms. The Bertz CT molecular complexity index is 433. The number of benzene rings is 1. The second-order valence-electron chi connectivity index (χ2n) is 4.60. The largest absolute Gasteiger partial charge is 0.338 e. The first-order chi connectivity index (χ1) is 8.09. The Labute approximate surface area is 112 Å². The monoisotopic (exact) mass is 271 g/mol. The van der Waals surface area contributed by atoms with Crippen LogP contribution in [0.25, 0.3) is 0 Å². The van der Waals surface area contributed by atoms with E-state index in [9.17, 15) is 4.79 Å². The molecule has 0 radical (unpaired) electrons. The van der Waals surface area contributed by atoms with Gasteiger partial charge in [-0.15, -0.1) is 0 Å². The molecule has 0 unspecified atom stereocenters. The van der Waals surface area contributed by atoms with E-state index in [4.69, 9.17) is 23.2 Å². The Kier molecular flexibility index (Phi) is 3.95. The molecule has 1 fully saturated rings. The van der Waals surface area contributed by atoms with Crippen molar-refractivity contribution in [2.45, 2.75) is 19.8 Å². The summed E-state index contributed by atoms with van der Waals surface area (Å²) in [6.07, 6.45) is 2.25. The van der Waals surface area contributed by atoms with Gasteiger partial charge in [-0.25, -0.2) is 0 Å². The Morgan fingerprint density at radius 2 is 2.18 bits per heavy atom. The molecule has 0 aromatic heterocycles. The highest BCUT2D eigenvalue weighted by molar-refractivity contribution is 6.43. The van der Waals surface area contributed by atoms with Crippen molar-refractivity contribution in [1.29, 1.82) is 0 Å². The summed E-state index contributed by atoms with van der Waals surface area (Å²) in [4.78, 5) is 14.2. The van der Waals surface area contributed by atoms with Crippen LogP contribution in [0.15, 0.2) is 18.2 Å². The molecule has 0 spiro atoms. The van der Waals surface area contributed by atoms with Crippen molar-refractivity contribution in [3.05, 3.63) is 33.8 Å². The molecule has 0 N–H and O–H groups in total. The van der Waals surface area contributed by atoms with Crippen LogP contribution in [0.5, 0.6) is 0 Å². The number of hydrogen-bond acceptors (Lipinski definition) is 1. The van der Waals surface area contributed by atoms with Crippen LogP contribution < -0.4 is 0 Å². The van der Waals surface area contributed by atoms with Crippen LogP contribution in [0.4, 0.5) is 0 Å². The first kappa shape index (κ1) is 12.7.